The number of H-pyrrole nitrogens is 1. The first-order chi connectivity index (χ1) is 13.3. The van der Waals surface area contributed by atoms with Crippen LogP contribution in [0, 0.1) is 0 Å². The molecule has 0 bridgehead atoms. The second-order valence-corrected chi connectivity index (χ2v) is 8.71. The van der Waals surface area contributed by atoms with Crippen molar-refractivity contribution in [3.05, 3.63) is 86.1 Å². The normalized spacial score (nSPS) is 16.4. The Morgan fingerprint density at radius 3 is 2.85 bits per heavy atom. The van der Waals surface area contributed by atoms with Crippen LogP contribution in [0.25, 0.3) is 10.9 Å². The van der Waals surface area contributed by atoms with Crippen molar-refractivity contribution in [2.24, 2.45) is 0 Å². The molecule has 2 aromatic heterocycles. The molecule has 1 aliphatic rings. The largest absolute Gasteiger partial charge is 0.380 e. The second kappa shape index (κ2) is 7.15. The number of thiophene rings is 1. The summed E-state index contributed by atoms with van der Waals surface area (Å²) < 4.78 is 7.26. The fourth-order valence-corrected chi connectivity index (χ4v) is 4.74. The van der Waals surface area contributed by atoms with E-state index in [4.69, 9.17) is 4.74 Å². The van der Waals surface area contributed by atoms with Crippen molar-refractivity contribution < 1.29 is 4.74 Å². The molecule has 4 aromatic rings. The number of aromatic amines is 1. The molecule has 0 fully saturated rings. The van der Waals surface area contributed by atoms with Gasteiger partial charge in [-0.3, -0.25) is 0 Å². The molecule has 5 rings (SSSR count). The smallest absolute Gasteiger partial charge is 0.123 e. The lowest BCUT2D eigenvalue weighted by molar-refractivity contribution is 0.0677. The Morgan fingerprint density at radius 1 is 1.15 bits per heavy atom. The van der Waals surface area contributed by atoms with E-state index in [9.17, 15) is 0 Å². The Balaban J connectivity index is 1.41. The first-order valence-electron chi connectivity index (χ1n) is 9.06. The van der Waals surface area contributed by atoms with E-state index in [0.717, 1.165) is 29.7 Å². The molecule has 0 aliphatic carbocycles. The molecule has 0 radical (unpaired) electrons. The summed E-state index contributed by atoms with van der Waals surface area (Å²) in [5, 5.41) is 6.88. The Hall–Kier alpha value is -2.08. The highest BCUT2D eigenvalue weighted by Crippen LogP contribution is 2.37. The van der Waals surface area contributed by atoms with Gasteiger partial charge in [0.2, 0.25) is 0 Å². The minimum atomic E-state index is -0.0359. The van der Waals surface area contributed by atoms with Crippen LogP contribution in [0.15, 0.2) is 64.5 Å². The van der Waals surface area contributed by atoms with E-state index < -0.39 is 0 Å². The molecule has 1 unspecified atom stereocenters. The second-order valence-electron chi connectivity index (χ2n) is 6.76. The van der Waals surface area contributed by atoms with Gasteiger partial charge in [-0.15, -0.1) is 11.3 Å². The predicted molar refractivity (Wildman–Crippen MR) is 116 cm³/mol. The third-order valence-corrected chi connectivity index (χ3v) is 6.43. The molecule has 27 heavy (non-hydrogen) atoms. The van der Waals surface area contributed by atoms with Crippen LogP contribution in [0.2, 0.25) is 0 Å². The molecule has 0 saturated heterocycles. The van der Waals surface area contributed by atoms with E-state index in [1.165, 1.54) is 32.6 Å². The van der Waals surface area contributed by atoms with Crippen molar-refractivity contribution in [3.63, 3.8) is 0 Å². The van der Waals surface area contributed by atoms with Gasteiger partial charge >= 0.3 is 0 Å². The molecule has 136 valence electrons. The van der Waals surface area contributed by atoms with E-state index in [2.05, 4.69) is 86.2 Å². The van der Waals surface area contributed by atoms with Crippen LogP contribution >= 0.6 is 27.3 Å². The molecule has 3 nitrogen and oxygen atoms in total. The van der Waals surface area contributed by atoms with E-state index in [0.29, 0.717) is 0 Å². The summed E-state index contributed by atoms with van der Waals surface area (Å²) in [5.41, 5.74) is 6.05. The Morgan fingerprint density at radius 2 is 2.04 bits per heavy atom. The zero-order chi connectivity index (χ0) is 18.2. The Kier molecular flexibility index (Phi) is 4.52. The summed E-state index contributed by atoms with van der Waals surface area (Å²) in [6.45, 7) is 1.60. The first kappa shape index (κ1) is 17.0. The van der Waals surface area contributed by atoms with Crippen LogP contribution < -0.4 is 5.32 Å². The van der Waals surface area contributed by atoms with Crippen molar-refractivity contribution in [1.82, 2.24) is 4.98 Å². The quantitative estimate of drug-likeness (QED) is 0.394. The molecular formula is C22H19BrN2OS. The predicted octanol–water partition coefficient (Wildman–Crippen LogP) is 6.27. The lowest BCUT2D eigenvalue weighted by atomic mass is 9.97. The summed E-state index contributed by atoms with van der Waals surface area (Å²) in [5.74, 6) is 0. The van der Waals surface area contributed by atoms with E-state index in [1.807, 2.05) is 0 Å². The van der Waals surface area contributed by atoms with Gasteiger partial charge in [0.05, 0.1) is 12.3 Å². The summed E-state index contributed by atoms with van der Waals surface area (Å²) in [6, 6.07) is 19.3. The molecule has 5 heteroatoms. The fraction of sp³-hybridized carbons (Fsp3) is 0.182. The number of nitrogens with one attached hydrogen (secondary N) is 2. The van der Waals surface area contributed by atoms with Crippen LogP contribution in [0.5, 0.6) is 0 Å². The summed E-state index contributed by atoms with van der Waals surface area (Å²) in [7, 11) is 0. The van der Waals surface area contributed by atoms with E-state index in [1.54, 1.807) is 11.3 Å². The number of rotatable bonds is 4. The molecule has 0 saturated carbocycles. The van der Waals surface area contributed by atoms with Crippen molar-refractivity contribution in [3.8, 4) is 0 Å². The van der Waals surface area contributed by atoms with Gasteiger partial charge in [-0.1, -0.05) is 34.1 Å². The number of halogens is 1. The van der Waals surface area contributed by atoms with Gasteiger partial charge in [0, 0.05) is 32.5 Å². The van der Waals surface area contributed by atoms with Gasteiger partial charge in [0.25, 0.3) is 0 Å². The lowest BCUT2D eigenvalue weighted by Crippen LogP contribution is -2.16. The van der Waals surface area contributed by atoms with Gasteiger partial charge < -0.3 is 15.0 Å². The highest BCUT2D eigenvalue weighted by atomic mass is 79.9. The molecule has 3 heterocycles. The van der Waals surface area contributed by atoms with Gasteiger partial charge in [0.1, 0.15) is 6.10 Å². The third kappa shape index (κ3) is 3.31. The average molecular weight is 439 g/mol. The third-order valence-electron chi connectivity index (χ3n) is 5.06. The summed E-state index contributed by atoms with van der Waals surface area (Å²) in [6.07, 6.45) is 0.911. The van der Waals surface area contributed by atoms with Gasteiger partial charge in [-0.25, -0.2) is 0 Å². The van der Waals surface area contributed by atoms with Crippen molar-refractivity contribution in [2.45, 2.75) is 19.1 Å². The van der Waals surface area contributed by atoms with E-state index in [-0.39, 0.29) is 6.10 Å². The fourth-order valence-electron chi connectivity index (χ4n) is 3.74. The number of hydrogen-bond acceptors (Lipinski definition) is 3. The Bertz CT molecular complexity index is 1070. The molecule has 1 atom stereocenters. The van der Waals surface area contributed by atoms with Crippen molar-refractivity contribution >= 4 is 43.9 Å². The summed E-state index contributed by atoms with van der Waals surface area (Å²) in [4.78, 5) is 4.93. The van der Waals surface area contributed by atoms with E-state index >= 15 is 0 Å². The maximum atomic E-state index is 6.15. The number of hydrogen-bond donors (Lipinski definition) is 2. The maximum absolute atomic E-state index is 6.15. The van der Waals surface area contributed by atoms with Crippen LogP contribution in [0.1, 0.15) is 27.8 Å². The molecule has 0 amide bonds. The number of benzene rings is 2. The standard InChI is InChI=1S/C22H19BrN2OS/c23-15-5-8-20-19(12-15)18-9-10-26-22(21(18)25-20)14-3-6-16(7-4-14)24-13-17-2-1-11-27-17/h1-8,11-12,22,24-25H,9-10,13H2. The van der Waals surface area contributed by atoms with Crippen LogP contribution in [0.4, 0.5) is 5.69 Å². The molecular weight excluding hydrogens is 420 g/mol. The van der Waals surface area contributed by atoms with Gasteiger partial charge in [-0.05, 0) is 59.3 Å². The van der Waals surface area contributed by atoms with Crippen molar-refractivity contribution in [2.75, 3.05) is 11.9 Å². The molecule has 2 aromatic carbocycles. The minimum absolute atomic E-state index is 0.0359. The minimum Gasteiger partial charge on any atom is -0.380 e. The number of aromatic nitrogens is 1. The molecule has 0 spiro atoms. The van der Waals surface area contributed by atoms with Crippen LogP contribution in [-0.4, -0.2) is 11.6 Å². The zero-order valence-electron chi connectivity index (χ0n) is 14.7. The first-order valence-corrected chi connectivity index (χ1v) is 10.7. The SMILES string of the molecule is Brc1ccc2[nH]c3c(c2c1)CCOC3c1ccc(NCc2cccs2)cc1. The van der Waals surface area contributed by atoms with Gasteiger partial charge in [0.15, 0.2) is 0 Å². The monoisotopic (exact) mass is 438 g/mol. The maximum Gasteiger partial charge on any atom is 0.123 e. The number of ether oxygens (including phenoxy) is 1. The molecule has 2 N–H and O–H groups in total. The highest BCUT2D eigenvalue weighted by molar-refractivity contribution is 9.10. The number of fused-ring (bicyclic) bond motifs is 3. The van der Waals surface area contributed by atoms with Gasteiger partial charge in [-0.2, -0.15) is 0 Å². The zero-order valence-corrected chi connectivity index (χ0v) is 17.1. The summed E-state index contributed by atoms with van der Waals surface area (Å²) >= 11 is 5.36. The van der Waals surface area contributed by atoms with Crippen molar-refractivity contribution in [1.29, 1.82) is 0 Å². The van der Waals surface area contributed by atoms with Crippen LogP contribution in [-0.2, 0) is 17.7 Å². The average Bonchev–Trinajstić information content (AvgIpc) is 3.34. The Labute approximate surface area is 170 Å². The topological polar surface area (TPSA) is 37.0 Å². The van der Waals surface area contributed by atoms with Crippen LogP contribution in [0.3, 0.4) is 0 Å². The number of anilines is 1. The molecule has 1 aliphatic heterocycles. The lowest BCUT2D eigenvalue weighted by Gasteiger charge is -2.24. The highest BCUT2D eigenvalue weighted by Gasteiger charge is 2.26.